The first-order valence-corrected chi connectivity index (χ1v) is 8.25. The Kier molecular flexibility index (Phi) is 5.56. The molecule has 2 aromatic carbocycles. The largest absolute Gasteiger partial charge is 0.491 e. The Hall–Kier alpha value is -3.24. The third-order valence-electron chi connectivity index (χ3n) is 3.79. The van der Waals surface area contributed by atoms with Crippen LogP contribution in [-0.2, 0) is 13.0 Å². The van der Waals surface area contributed by atoms with Gasteiger partial charge < -0.3 is 9.84 Å². The molecule has 0 aliphatic rings. The Morgan fingerprint density at radius 3 is 2.58 bits per heavy atom. The second-order valence-electron chi connectivity index (χ2n) is 5.98. The van der Waals surface area contributed by atoms with Crippen LogP contribution in [0.3, 0.4) is 0 Å². The lowest BCUT2D eigenvalue weighted by molar-refractivity contribution is 0.0850. The monoisotopic (exact) mass is 349 g/mol. The third-order valence-corrected chi connectivity index (χ3v) is 3.79. The molecule has 132 valence electrons. The van der Waals surface area contributed by atoms with Gasteiger partial charge in [0.25, 0.3) is 0 Å². The molecule has 0 spiro atoms. The third kappa shape index (κ3) is 4.65. The molecular formula is C19H19N5O2. The predicted octanol–water partition coefficient (Wildman–Crippen LogP) is 2.15. The number of hydrogen-bond donors (Lipinski definition) is 1. The highest BCUT2D eigenvalue weighted by molar-refractivity contribution is 5.53. The van der Waals surface area contributed by atoms with Gasteiger partial charge in [-0.25, -0.2) is 0 Å². The van der Waals surface area contributed by atoms with Gasteiger partial charge in [-0.15, -0.1) is 10.2 Å². The van der Waals surface area contributed by atoms with Crippen molar-refractivity contribution in [2.24, 2.45) is 0 Å². The van der Waals surface area contributed by atoms with Crippen molar-refractivity contribution in [1.29, 1.82) is 5.26 Å². The Bertz CT molecular complexity index is 882. The van der Waals surface area contributed by atoms with Crippen molar-refractivity contribution in [2.75, 3.05) is 6.61 Å². The highest BCUT2D eigenvalue weighted by Gasteiger charge is 2.11. The average molecular weight is 349 g/mol. The Morgan fingerprint density at radius 2 is 1.88 bits per heavy atom. The molecule has 0 saturated carbocycles. The van der Waals surface area contributed by atoms with Crippen LogP contribution >= 0.6 is 0 Å². The summed E-state index contributed by atoms with van der Waals surface area (Å²) in [5, 5.41) is 31.1. The van der Waals surface area contributed by atoms with Crippen LogP contribution < -0.4 is 4.74 Å². The summed E-state index contributed by atoms with van der Waals surface area (Å²) >= 11 is 0. The molecule has 1 unspecified atom stereocenters. The van der Waals surface area contributed by atoms with Crippen LogP contribution in [0.5, 0.6) is 5.75 Å². The van der Waals surface area contributed by atoms with Gasteiger partial charge in [0.2, 0.25) is 5.82 Å². The van der Waals surface area contributed by atoms with E-state index in [0.29, 0.717) is 18.0 Å². The molecule has 3 rings (SSSR count). The van der Waals surface area contributed by atoms with Crippen molar-refractivity contribution >= 4 is 0 Å². The van der Waals surface area contributed by atoms with Crippen molar-refractivity contribution in [1.82, 2.24) is 20.2 Å². The molecule has 0 radical (unpaired) electrons. The first-order chi connectivity index (χ1) is 12.6. The van der Waals surface area contributed by atoms with E-state index in [1.807, 2.05) is 43.3 Å². The zero-order valence-electron chi connectivity index (χ0n) is 14.4. The van der Waals surface area contributed by atoms with E-state index in [1.165, 1.54) is 4.80 Å². The second kappa shape index (κ2) is 8.23. The van der Waals surface area contributed by atoms with Gasteiger partial charge in [-0.2, -0.15) is 10.1 Å². The fourth-order valence-electron chi connectivity index (χ4n) is 2.37. The molecule has 0 amide bonds. The number of nitrogens with zero attached hydrogens (tertiary/aromatic N) is 5. The standard InChI is InChI=1S/C19H19N5O2/c1-14-2-6-16(7-3-14)19-21-23-24(22-19)12-17(25)13-26-18-8-4-15(5-9-18)10-11-20/h2-9,17,25H,10,12-13H2,1H3. The fourth-order valence-corrected chi connectivity index (χ4v) is 2.37. The molecule has 7 nitrogen and oxygen atoms in total. The lowest BCUT2D eigenvalue weighted by atomic mass is 10.1. The molecular weight excluding hydrogens is 330 g/mol. The van der Waals surface area contributed by atoms with E-state index in [-0.39, 0.29) is 13.2 Å². The average Bonchev–Trinajstić information content (AvgIpc) is 3.10. The molecule has 0 aliphatic carbocycles. The number of tetrazole rings is 1. The summed E-state index contributed by atoms with van der Waals surface area (Å²) in [5.74, 6) is 1.16. The molecule has 0 bridgehead atoms. The lowest BCUT2D eigenvalue weighted by Crippen LogP contribution is -2.25. The zero-order valence-corrected chi connectivity index (χ0v) is 14.4. The van der Waals surface area contributed by atoms with Crippen LogP contribution in [0.25, 0.3) is 11.4 Å². The number of rotatable bonds is 7. The van der Waals surface area contributed by atoms with Gasteiger partial charge in [-0.3, -0.25) is 0 Å². The number of aromatic nitrogens is 4. The molecule has 1 heterocycles. The summed E-state index contributed by atoms with van der Waals surface area (Å²) in [7, 11) is 0. The van der Waals surface area contributed by atoms with E-state index >= 15 is 0 Å². The van der Waals surface area contributed by atoms with Gasteiger partial charge >= 0.3 is 0 Å². The molecule has 26 heavy (non-hydrogen) atoms. The first-order valence-electron chi connectivity index (χ1n) is 8.25. The summed E-state index contributed by atoms with van der Waals surface area (Å²) in [6.07, 6.45) is -0.404. The number of aryl methyl sites for hydroxylation is 1. The SMILES string of the molecule is Cc1ccc(-c2nnn(CC(O)COc3ccc(CC#N)cc3)n2)cc1. The van der Waals surface area contributed by atoms with Crippen LogP contribution in [-0.4, -0.2) is 38.0 Å². The minimum absolute atomic E-state index is 0.110. The minimum atomic E-state index is -0.770. The van der Waals surface area contributed by atoms with Crippen molar-refractivity contribution in [2.45, 2.75) is 26.0 Å². The van der Waals surface area contributed by atoms with Gasteiger partial charge in [0, 0.05) is 5.56 Å². The molecule has 0 saturated heterocycles. The lowest BCUT2D eigenvalue weighted by Gasteiger charge is -2.11. The molecule has 7 heteroatoms. The van der Waals surface area contributed by atoms with Gasteiger partial charge in [-0.1, -0.05) is 42.0 Å². The quantitative estimate of drug-likeness (QED) is 0.702. The summed E-state index contributed by atoms with van der Waals surface area (Å²) in [6.45, 7) is 2.31. The predicted molar refractivity (Wildman–Crippen MR) is 95.3 cm³/mol. The zero-order chi connectivity index (χ0) is 18.4. The van der Waals surface area contributed by atoms with E-state index in [0.717, 1.165) is 16.7 Å². The highest BCUT2D eigenvalue weighted by Crippen LogP contribution is 2.15. The maximum absolute atomic E-state index is 10.1. The van der Waals surface area contributed by atoms with Gasteiger partial charge in [0.15, 0.2) is 0 Å². The maximum Gasteiger partial charge on any atom is 0.204 e. The molecule has 3 aromatic rings. The molecule has 0 fully saturated rings. The Balaban J connectivity index is 1.52. The second-order valence-corrected chi connectivity index (χ2v) is 5.98. The maximum atomic E-state index is 10.1. The smallest absolute Gasteiger partial charge is 0.204 e. The molecule has 1 aromatic heterocycles. The van der Waals surface area contributed by atoms with Crippen molar-refractivity contribution in [3.05, 3.63) is 59.7 Å². The number of aliphatic hydroxyl groups is 1. The number of nitriles is 1. The van der Waals surface area contributed by atoms with Crippen LogP contribution in [0.1, 0.15) is 11.1 Å². The summed E-state index contributed by atoms with van der Waals surface area (Å²) in [5.41, 5.74) is 2.97. The fraction of sp³-hybridized carbons (Fsp3) is 0.263. The van der Waals surface area contributed by atoms with Crippen LogP contribution in [0.4, 0.5) is 0 Å². The van der Waals surface area contributed by atoms with E-state index in [2.05, 4.69) is 21.5 Å². The van der Waals surface area contributed by atoms with Gasteiger partial charge in [0.1, 0.15) is 18.5 Å². The number of ether oxygens (including phenoxy) is 1. The van der Waals surface area contributed by atoms with Crippen LogP contribution in [0, 0.1) is 18.3 Å². The highest BCUT2D eigenvalue weighted by atomic mass is 16.5. The van der Waals surface area contributed by atoms with Crippen molar-refractivity contribution in [3.63, 3.8) is 0 Å². The molecule has 1 N–H and O–H groups in total. The van der Waals surface area contributed by atoms with E-state index in [1.54, 1.807) is 12.1 Å². The molecule has 1 atom stereocenters. The first kappa shape index (κ1) is 17.6. The van der Waals surface area contributed by atoms with Gasteiger partial charge in [0.05, 0.1) is 19.0 Å². The normalized spacial score (nSPS) is 11.7. The van der Waals surface area contributed by atoms with Crippen LogP contribution in [0.15, 0.2) is 48.5 Å². The number of hydrogen-bond acceptors (Lipinski definition) is 6. The topological polar surface area (TPSA) is 96.9 Å². The van der Waals surface area contributed by atoms with E-state index in [9.17, 15) is 5.11 Å². The Labute approximate surface area is 151 Å². The van der Waals surface area contributed by atoms with E-state index < -0.39 is 6.10 Å². The minimum Gasteiger partial charge on any atom is -0.491 e. The number of benzene rings is 2. The summed E-state index contributed by atoms with van der Waals surface area (Å²) in [4.78, 5) is 1.36. The van der Waals surface area contributed by atoms with Crippen LogP contribution in [0.2, 0.25) is 0 Å². The summed E-state index contributed by atoms with van der Waals surface area (Å²) in [6, 6.07) is 17.2. The Morgan fingerprint density at radius 1 is 1.15 bits per heavy atom. The molecule has 0 aliphatic heterocycles. The van der Waals surface area contributed by atoms with Crippen molar-refractivity contribution in [3.8, 4) is 23.2 Å². The van der Waals surface area contributed by atoms with Gasteiger partial charge in [-0.05, 0) is 29.8 Å². The van der Waals surface area contributed by atoms with Crippen molar-refractivity contribution < 1.29 is 9.84 Å². The summed E-state index contributed by atoms with van der Waals surface area (Å²) < 4.78 is 5.56. The van der Waals surface area contributed by atoms with E-state index in [4.69, 9.17) is 10.00 Å². The number of aliphatic hydroxyl groups excluding tert-OH is 1.